The highest BCUT2D eigenvalue weighted by atomic mass is 32.2. The monoisotopic (exact) mass is 356 g/mol. The van der Waals surface area contributed by atoms with Crippen molar-refractivity contribution in [1.29, 1.82) is 0 Å². The summed E-state index contributed by atoms with van der Waals surface area (Å²) in [6.07, 6.45) is 1.65. The highest BCUT2D eigenvalue weighted by Gasteiger charge is 2.14. The number of carbonyl (C=O) groups excluding carboxylic acids is 1. The summed E-state index contributed by atoms with van der Waals surface area (Å²) in [5, 5.41) is 11.1. The number of nitrogens with one attached hydrogen (secondary N) is 1. The van der Waals surface area contributed by atoms with Gasteiger partial charge in [0, 0.05) is 17.0 Å². The Kier molecular flexibility index (Phi) is 3.87. The zero-order valence-corrected chi connectivity index (χ0v) is 14.3. The van der Waals surface area contributed by atoms with Gasteiger partial charge in [-0.15, -0.1) is 16.4 Å². The number of hydrogen-bond donors (Lipinski definition) is 1. The van der Waals surface area contributed by atoms with E-state index in [0.717, 1.165) is 16.6 Å². The summed E-state index contributed by atoms with van der Waals surface area (Å²) in [6.45, 7) is 1.84. The number of hydrogen-bond acceptors (Lipinski definition) is 7. The van der Waals surface area contributed by atoms with Crippen molar-refractivity contribution < 1.29 is 4.79 Å². The molecule has 0 bridgehead atoms. The molecule has 120 valence electrons. The molecule has 0 atom stereocenters. The third kappa shape index (κ3) is 2.83. The number of thiazole rings is 1. The van der Waals surface area contributed by atoms with E-state index in [1.807, 2.05) is 36.6 Å². The maximum Gasteiger partial charge on any atom is 0.236 e. The second kappa shape index (κ2) is 6.17. The molecule has 3 heterocycles. The average molecular weight is 356 g/mol. The van der Waals surface area contributed by atoms with Crippen molar-refractivity contribution in [3.8, 4) is 0 Å². The second-order valence-corrected chi connectivity index (χ2v) is 6.82. The van der Waals surface area contributed by atoms with Crippen LogP contribution >= 0.6 is 23.1 Å². The number of rotatable bonds is 4. The Bertz CT molecular complexity index is 1030. The van der Waals surface area contributed by atoms with Crippen LogP contribution in [-0.2, 0) is 4.79 Å². The van der Waals surface area contributed by atoms with Crippen LogP contribution in [0.25, 0.3) is 16.6 Å². The van der Waals surface area contributed by atoms with E-state index in [1.165, 1.54) is 23.1 Å². The number of amides is 1. The molecule has 9 heteroatoms. The van der Waals surface area contributed by atoms with Gasteiger partial charge in [-0.1, -0.05) is 23.9 Å². The highest BCUT2D eigenvalue weighted by molar-refractivity contribution is 7.99. The number of fused-ring (bicyclic) bond motifs is 3. The molecule has 1 aromatic carbocycles. The van der Waals surface area contributed by atoms with Gasteiger partial charge >= 0.3 is 0 Å². The van der Waals surface area contributed by atoms with Gasteiger partial charge in [0.2, 0.25) is 5.91 Å². The summed E-state index contributed by atoms with van der Waals surface area (Å²) in [6, 6.07) is 7.77. The minimum atomic E-state index is -0.130. The predicted molar refractivity (Wildman–Crippen MR) is 94.5 cm³/mol. The van der Waals surface area contributed by atoms with Crippen molar-refractivity contribution in [2.45, 2.75) is 12.1 Å². The van der Waals surface area contributed by atoms with E-state index in [4.69, 9.17) is 0 Å². The number of benzene rings is 1. The Morgan fingerprint density at radius 2 is 2.21 bits per heavy atom. The van der Waals surface area contributed by atoms with Crippen LogP contribution in [0.2, 0.25) is 0 Å². The molecule has 0 spiro atoms. The molecule has 0 saturated carbocycles. The molecule has 0 aliphatic carbocycles. The summed E-state index contributed by atoms with van der Waals surface area (Å²) < 4.78 is 1.69. The summed E-state index contributed by atoms with van der Waals surface area (Å²) in [4.78, 5) is 25.2. The van der Waals surface area contributed by atoms with E-state index < -0.39 is 0 Å². The number of aromatic nitrogens is 5. The third-order valence-electron chi connectivity index (χ3n) is 3.27. The first-order valence-electron chi connectivity index (χ1n) is 7.15. The molecule has 0 fully saturated rings. The fourth-order valence-electron chi connectivity index (χ4n) is 2.30. The van der Waals surface area contributed by atoms with Crippen LogP contribution in [-0.4, -0.2) is 36.2 Å². The van der Waals surface area contributed by atoms with Crippen LogP contribution in [0.3, 0.4) is 0 Å². The van der Waals surface area contributed by atoms with E-state index >= 15 is 0 Å². The fraction of sp³-hybridized carbons (Fsp3) is 0.133. The van der Waals surface area contributed by atoms with Gasteiger partial charge in [-0.25, -0.2) is 15.0 Å². The number of anilines is 1. The lowest BCUT2D eigenvalue weighted by atomic mass is 10.2. The first kappa shape index (κ1) is 15.0. The molecule has 3 aromatic heterocycles. The van der Waals surface area contributed by atoms with Gasteiger partial charge < -0.3 is 5.32 Å². The number of carbonyl (C=O) groups is 1. The molecule has 1 N–H and O–H groups in total. The van der Waals surface area contributed by atoms with Gasteiger partial charge in [-0.05, 0) is 19.1 Å². The van der Waals surface area contributed by atoms with E-state index in [9.17, 15) is 4.79 Å². The van der Waals surface area contributed by atoms with Crippen molar-refractivity contribution in [2.24, 2.45) is 0 Å². The smallest absolute Gasteiger partial charge is 0.236 e. The summed E-state index contributed by atoms with van der Waals surface area (Å²) >= 11 is 2.71. The second-order valence-electron chi connectivity index (χ2n) is 4.98. The van der Waals surface area contributed by atoms with E-state index in [1.54, 1.807) is 10.7 Å². The molecular formula is C15H12N6OS2. The Labute approximate surface area is 145 Å². The molecule has 1 amide bonds. The standard InChI is InChI=1S/C15H12N6OS2/c1-9-17-13-10-4-2-3-5-11(10)18-15(21(13)20-9)24-8-12(22)19-14-16-6-7-23-14/h2-7H,8H2,1H3,(H,16,19,22). The molecular weight excluding hydrogens is 344 g/mol. The highest BCUT2D eigenvalue weighted by Crippen LogP contribution is 2.24. The molecule has 4 aromatic rings. The zero-order chi connectivity index (χ0) is 16.5. The Balaban J connectivity index is 1.64. The van der Waals surface area contributed by atoms with Crippen LogP contribution in [0.4, 0.5) is 5.13 Å². The van der Waals surface area contributed by atoms with Crippen LogP contribution in [0, 0.1) is 6.92 Å². The van der Waals surface area contributed by atoms with Crippen LogP contribution in [0.1, 0.15) is 5.82 Å². The lowest BCUT2D eigenvalue weighted by molar-refractivity contribution is -0.113. The molecule has 24 heavy (non-hydrogen) atoms. The fourth-order valence-corrected chi connectivity index (χ4v) is 3.59. The van der Waals surface area contributed by atoms with Crippen molar-refractivity contribution in [1.82, 2.24) is 24.6 Å². The summed E-state index contributed by atoms with van der Waals surface area (Å²) in [7, 11) is 0. The maximum absolute atomic E-state index is 12.1. The van der Waals surface area contributed by atoms with E-state index in [0.29, 0.717) is 16.1 Å². The number of thioether (sulfide) groups is 1. The molecule has 7 nitrogen and oxygen atoms in total. The summed E-state index contributed by atoms with van der Waals surface area (Å²) in [5.41, 5.74) is 1.58. The van der Waals surface area contributed by atoms with E-state index in [-0.39, 0.29) is 11.7 Å². The lowest BCUT2D eigenvalue weighted by Crippen LogP contribution is -2.14. The zero-order valence-electron chi connectivity index (χ0n) is 12.6. The molecule has 0 unspecified atom stereocenters. The quantitative estimate of drug-likeness (QED) is 0.447. The number of para-hydroxylation sites is 1. The number of nitrogens with zero attached hydrogens (tertiary/aromatic N) is 5. The van der Waals surface area contributed by atoms with Crippen molar-refractivity contribution in [2.75, 3.05) is 11.1 Å². The largest absolute Gasteiger partial charge is 0.301 e. The van der Waals surface area contributed by atoms with Gasteiger partial charge in [-0.3, -0.25) is 4.79 Å². The topological polar surface area (TPSA) is 85.1 Å². The Morgan fingerprint density at radius 3 is 3.04 bits per heavy atom. The maximum atomic E-state index is 12.1. The van der Waals surface area contributed by atoms with Gasteiger partial charge in [0.05, 0.1) is 11.3 Å². The Hall–Kier alpha value is -2.52. The summed E-state index contributed by atoms with van der Waals surface area (Å²) in [5.74, 6) is 0.760. The number of aryl methyl sites for hydroxylation is 1. The van der Waals surface area contributed by atoms with Gasteiger partial charge in [-0.2, -0.15) is 4.52 Å². The van der Waals surface area contributed by atoms with Crippen LogP contribution in [0.5, 0.6) is 0 Å². The first-order valence-corrected chi connectivity index (χ1v) is 9.01. The minimum absolute atomic E-state index is 0.130. The van der Waals surface area contributed by atoms with Gasteiger partial charge in [0.25, 0.3) is 0 Å². The Morgan fingerprint density at radius 1 is 1.33 bits per heavy atom. The molecule has 0 radical (unpaired) electrons. The van der Waals surface area contributed by atoms with E-state index in [2.05, 4.69) is 25.4 Å². The molecule has 4 rings (SSSR count). The molecule has 0 saturated heterocycles. The SMILES string of the molecule is Cc1nc2c3ccccc3nc(SCC(=O)Nc3nccs3)n2n1. The van der Waals surface area contributed by atoms with Crippen molar-refractivity contribution in [3.63, 3.8) is 0 Å². The molecule has 0 aliphatic rings. The third-order valence-corrected chi connectivity index (χ3v) is 4.88. The minimum Gasteiger partial charge on any atom is -0.301 e. The average Bonchev–Trinajstić information content (AvgIpc) is 3.21. The van der Waals surface area contributed by atoms with Gasteiger partial charge in [0.15, 0.2) is 15.9 Å². The van der Waals surface area contributed by atoms with Crippen LogP contribution < -0.4 is 5.32 Å². The normalized spacial score (nSPS) is 11.2. The molecule has 0 aliphatic heterocycles. The van der Waals surface area contributed by atoms with Crippen LogP contribution in [0.15, 0.2) is 41.0 Å². The first-order chi connectivity index (χ1) is 11.7. The lowest BCUT2D eigenvalue weighted by Gasteiger charge is -2.06. The van der Waals surface area contributed by atoms with Crippen molar-refractivity contribution in [3.05, 3.63) is 41.7 Å². The van der Waals surface area contributed by atoms with Crippen molar-refractivity contribution >= 4 is 50.7 Å². The van der Waals surface area contributed by atoms with Gasteiger partial charge in [0.1, 0.15) is 5.82 Å². The predicted octanol–water partition coefficient (Wildman–Crippen LogP) is 2.77.